The van der Waals surface area contributed by atoms with Crippen molar-refractivity contribution in [3.05, 3.63) is 35.1 Å². The first kappa shape index (κ1) is 18.5. The molecule has 0 radical (unpaired) electrons. The molecule has 6 heteroatoms. The van der Waals surface area contributed by atoms with Crippen LogP contribution in [0.3, 0.4) is 0 Å². The third-order valence-electron chi connectivity index (χ3n) is 3.26. The molecule has 0 aromatic heterocycles. The van der Waals surface area contributed by atoms with Crippen molar-refractivity contribution < 1.29 is 23.1 Å². The van der Waals surface area contributed by atoms with Crippen LogP contribution < -0.4 is 5.32 Å². The first-order valence-electron chi connectivity index (χ1n) is 7.18. The topological polar surface area (TPSA) is 49.3 Å². The van der Waals surface area contributed by atoms with Crippen LogP contribution in [0.4, 0.5) is 13.2 Å². The summed E-state index contributed by atoms with van der Waals surface area (Å²) in [6, 6.07) is 0.579. The molecule has 0 fully saturated rings. The van der Waals surface area contributed by atoms with E-state index in [0.29, 0.717) is 6.42 Å². The molecule has 1 amide bonds. The Hall–Kier alpha value is -1.56. The number of amides is 1. The summed E-state index contributed by atoms with van der Waals surface area (Å²) in [7, 11) is 0. The SMILES string of the molecule is CC(C)(C)CCCC(=O)NC(CO)c1cc(F)c(F)c(F)c1. The zero-order valence-corrected chi connectivity index (χ0v) is 13.0. The first-order valence-corrected chi connectivity index (χ1v) is 7.18. The van der Waals surface area contributed by atoms with E-state index in [0.717, 1.165) is 18.6 Å². The molecule has 0 aliphatic heterocycles. The fourth-order valence-corrected chi connectivity index (χ4v) is 2.06. The molecule has 1 atom stereocenters. The van der Waals surface area contributed by atoms with Gasteiger partial charge in [0.1, 0.15) is 0 Å². The molecule has 124 valence electrons. The number of carbonyl (C=O) groups is 1. The summed E-state index contributed by atoms with van der Waals surface area (Å²) in [6.45, 7) is 5.65. The van der Waals surface area contributed by atoms with Gasteiger partial charge in [-0.05, 0) is 36.0 Å². The van der Waals surface area contributed by atoms with Crippen LogP contribution in [0.15, 0.2) is 12.1 Å². The normalized spacial score (nSPS) is 13.0. The summed E-state index contributed by atoms with van der Waals surface area (Å²) in [4.78, 5) is 11.8. The van der Waals surface area contributed by atoms with Gasteiger partial charge in [-0.2, -0.15) is 0 Å². The number of nitrogens with one attached hydrogen (secondary N) is 1. The third-order valence-corrected chi connectivity index (χ3v) is 3.26. The smallest absolute Gasteiger partial charge is 0.220 e. The van der Waals surface area contributed by atoms with Gasteiger partial charge in [0.25, 0.3) is 0 Å². The van der Waals surface area contributed by atoms with Crippen LogP contribution in [0.25, 0.3) is 0 Å². The molecule has 3 nitrogen and oxygen atoms in total. The number of carbonyl (C=O) groups excluding carboxylic acids is 1. The Bertz CT molecular complexity index is 504. The van der Waals surface area contributed by atoms with Crippen molar-refractivity contribution in [2.24, 2.45) is 5.41 Å². The van der Waals surface area contributed by atoms with Gasteiger partial charge in [0, 0.05) is 6.42 Å². The number of benzene rings is 1. The number of halogens is 3. The van der Waals surface area contributed by atoms with E-state index in [9.17, 15) is 23.1 Å². The van der Waals surface area contributed by atoms with Gasteiger partial charge >= 0.3 is 0 Å². The van der Waals surface area contributed by atoms with Gasteiger partial charge in [0.15, 0.2) is 17.5 Å². The van der Waals surface area contributed by atoms with E-state index in [4.69, 9.17) is 0 Å². The predicted molar refractivity (Wildman–Crippen MR) is 77.6 cm³/mol. The summed E-state index contributed by atoms with van der Waals surface area (Å²) in [5, 5.41) is 11.8. The maximum absolute atomic E-state index is 13.2. The molecule has 0 saturated carbocycles. The van der Waals surface area contributed by atoms with Crippen molar-refractivity contribution in [1.29, 1.82) is 0 Å². The Balaban J connectivity index is 2.67. The first-order chi connectivity index (χ1) is 10.1. The Morgan fingerprint density at radius 3 is 2.23 bits per heavy atom. The highest BCUT2D eigenvalue weighted by Gasteiger charge is 2.19. The Morgan fingerprint density at radius 2 is 1.77 bits per heavy atom. The van der Waals surface area contributed by atoms with Crippen LogP contribution in [-0.4, -0.2) is 17.6 Å². The van der Waals surface area contributed by atoms with Crippen LogP contribution in [0.5, 0.6) is 0 Å². The quantitative estimate of drug-likeness (QED) is 0.789. The van der Waals surface area contributed by atoms with Crippen molar-refractivity contribution in [1.82, 2.24) is 5.32 Å². The van der Waals surface area contributed by atoms with Crippen molar-refractivity contribution >= 4 is 5.91 Å². The van der Waals surface area contributed by atoms with Gasteiger partial charge in [-0.1, -0.05) is 20.8 Å². The summed E-state index contributed by atoms with van der Waals surface area (Å²) in [5.41, 5.74) is 0.0999. The average molecular weight is 317 g/mol. The van der Waals surface area contributed by atoms with E-state index < -0.39 is 30.1 Å². The summed E-state index contributed by atoms with van der Waals surface area (Å²) in [5.74, 6) is -4.60. The Kier molecular flexibility index (Phi) is 6.41. The van der Waals surface area contributed by atoms with Crippen molar-refractivity contribution in [2.45, 2.75) is 46.1 Å². The average Bonchev–Trinajstić information content (AvgIpc) is 2.40. The second-order valence-corrected chi connectivity index (χ2v) is 6.52. The lowest BCUT2D eigenvalue weighted by Gasteiger charge is -2.19. The van der Waals surface area contributed by atoms with E-state index in [1.165, 1.54) is 0 Å². The highest BCUT2D eigenvalue weighted by Crippen LogP contribution is 2.22. The number of hydrogen-bond acceptors (Lipinski definition) is 2. The molecule has 0 heterocycles. The van der Waals surface area contributed by atoms with Gasteiger partial charge in [0.05, 0.1) is 12.6 Å². The van der Waals surface area contributed by atoms with E-state index in [2.05, 4.69) is 26.1 Å². The van der Waals surface area contributed by atoms with E-state index in [1.807, 2.05) is 0 Å². The van der Waals surface area contributed by atoms with Gasteiger partial charge < -0.3 is 10.4 Å². The van der Waals surface area contributed by atoms with Gasteiger partial charge in [0.2, 0.25) is 5.91 Å². The number of rotatable bonds is 6. The largest absolute Gasteiger partial charge is 0.394 e. The molecule has 1 aromatic rings. The summed E-state index contributed by atoms with van der Waals surface area (Å²) < 4.78 is 39.3. The molecule has 1 unspecified atom stereocenters. The minimum absolute atomic E-state index is 0.0110. The van der Waals surface area contributed by atoms with Crippen LogP contribution in [0.2, 0.25) is 0 Å². The zero-order chi connectivity index (χ0) is 16.9. The lowest BCUT2D eigenvalue weighted by atomic mass is 9.90. The van der Waals surface area contributed by atoms with Crippen LogP contribution >= 0.6 is 0 Å². The van der Waals surface area contributed by atoms with E-state index in [-0.39, 0.29) is 23.3 Å². The molecular formula is C16H22F3NO2. The summed E-state index contributed by atoms with van der Waals surface area (Å²) in [6.07, 6.45) is 1.77. The standard InChI is InChI=1S/C16H22F3NO2/c1-16(2,3)6-4-5-14(22)20-13(9-21)10-7-11(17)15(19)12(18)8-10/h7-8,13,21H,4-6,9H2,1-3H3,(H,20,22). The molecule has 1 rings (SSSR count). The fourth-order valence-electron chi connectivity index (χ4n) is 2.06. The molecule has 0 saturated heterocycles. The monoisotopic (exact) mass is 317 g/mol. The molecule has 1 aromatic carbocycles. The maximum Gasteiger partial charge on any atom is 0.220 e. The molecule has 0 spiro atoms. The minimum Gasteiger partial charge on any atom is -0.394 e. The number of aliphatic hydroxyl groups is 1. The highest BCUT2D eigenvalue weighted by atomic mass is 19.2. The third kappa shape index (κ3) is 5.67. The second-order valence-electron chi connectivity index (χ2n) is 6.52. The Labute approximate surface area is 128 Å². The molecule has 22 heavy (non-hydrogen) atoms. The molecule has 2 N–H and O–H groups in total. The predicted octanol–water partition coefficient (Wildman–Crippen LogP) is 3.47. The van der Waals surface area contributed by atoms with Crippen molar-refractivity contribution in [3.63, 3.8) is 0 Å². The maximum atomic E-state index is 13.2. The summed E-state index contributed by atoms with van der Waals surface area (Å²) >= 11 is 0. The molecule has 0 aliphatic carbocycles. The second kappa shape index (κ2) is 7.63. The molecular weight excluding hydrogens is 295 g/mol. The van der Waals surface area contributed by atoms with Gasteiger partial charge in [-0.25, -0.2) is 13.2 Å². The molecule has 0 aliphatic rings. The minimum atomic E-state index is -1.57. The van der Waals surface area contributed by atoms with Crippen LogP contribution in [-0.2, 0) is 4.79 Å². The van der Waals surface area contributed by atoms with Crippen molar-refractivity contribution in [2.75, 3.05) is 6.61 Å². The zero-order valence-electron chi connectivity index (χ0n) is 13.0. The van der Waals surface area contributed by atoms with Crippen LogP contribution in [0.1, 0.15) is 51.6 Å². The number of aliphatic hydroxyl groups excluding tert-OH is 1. The lowest BCUT2D eigenvalue weighted by molar-refractivity contribution is -0.122. The highest BCUT2D eigenvalue weighted by molar-refractivity contribution is 5.76. The molecule has 0 bridgehead atoms. The van der Waals surface area contributed by atoms with Crippen molar-refractivity contribution in [3.8, 4) is 0 Å². The van der Waals surface area contributed by atoms with Gasteiger partial charge in [-0.3, -0.25) is 4.79 Å². The van der Waals surface area contributed by atoms with Gasteiger partial charge in [-0.15, -0.1) is 0 Å². The number of hydrogen-bond donors (Lipinski definition) is 2. The Morgan fingerprint density at radius 1 is 1.23 bits per heavy atom. The van der Waals surface area contributed by atoms with E-state index in [1.54, 1.807) is 0 Å². The fraction of sp³-hybridized carbons (Fsp3) is 0.562. The van der Waals surface area contributed by atoms with Crippen LogP contribution in [0, 0.1) is 22.9 Å². The van der Waals surface area contributed by atoms with E-state index >= 15 is 0 Å². The lowest BCUT2D eigenvalue weighted by Crippen LogP contribution is -2.31.